The normalized spacial score (nSPS) is 14.9. The first-order chi connectivity index (χ1) is 12.3. The number of rotatable bonds is 3. The number of hydrogen-bond donors (Lipinski definition) is 1. The summed E-state index contributed by atoms with van der Waals surface area (Å²) in [7, 11) is 1.88. The molecule has 1 heterocycles. The third kappa shape index (κ3) is 4.52. The molecule has 0 radical (unpaired) electrons. The zero-order valence-electron chi connectivity index (χ0n) is 14.0. The molecule has 0 aromatic heterocycles. The molecule has 0 aliphatic carbocycles. The van der Waals surface area contributed by atoms with Crippen molar-refractivity contribution in [3.63, 3.8) is 0 Å². The van der Waals surface area contributed by atoms with Crippen LogP contribution in [0.2, 0.25) is 0 Å². The van der Waals surface area contributed by atoms with Crippen molar-refractivity contribution < 1.29 is 18.0 Å². The van der Waals surface area contributed by atoms with E-state index in [1.165, 1.54) is 11.0 Å². The Morgan fingerprint density at radius 1 is 1.19 bits per heavy atom. The van der Waals surface area contributed by atoms with Crippen molar-refractivity contribution in [1.29, 1.82) is 10.5 Å². The van der Waals surface area contributed by atoms with Crippen LogP contribution in [0.1, 0.15) is 15.9 Å². The molecule has 1 N–H and O–H groups in total. The number of alkyl halides is 3. The van der Waals surface area contributed by atoms with Crippen LogP contribution in [0.3, 0.4) is 0 Å². The maximum absolute atomic E-state index is 13.4. The molecule has 1 aromatic carbocycles. The van der Waals surface area contributed by atoms with Gasteiger partial charge in [-0.1, -0.05) is 0 Å². The Morgan fingerprint density at radius 2 is 1.81 bits per heavy atom. The number of amides is 1. The van der Waals surface area contributed by atoms with Gasteiger partial charge in [0.15, 0.2) is 0 Å². The summed E-state index contributed by atoms with van der Waals surface area (Å²) in [5.41, 5.74) is -1.74. The smallest absolute Gasteiger partial charge is 0.360 e. The minimum atomic E-state index is -4.72. The van der Waals surface area contributed by atoms with Gasteiger partial charge < -0.3 is 15.1 Å². The van der Waals surface area contributed by atoms with Crippen molar-refractivity contribution in [1.82, 2.24) is 9.80 Å². The monoisotopic (exact) mass is 363 g/mol. The van der Waals surface area contributed by atoms with Crippen LogP contribution in [0.5, 0.6) is 0 Å². The summed E-state index contributed by atoms with van der Waals surface area (Å²) in [6.45, 7) is 1.93. The lowest BCUT2D eigenvalue weighted by Crippen LogP contribution is -2.47. The molecule has 9 heteroatoms. The van der Waals surface area contributed by atoms with Gasteiger partial charge in [0.25, 0.3) is 5.91 Å². The summed E-state index contributed by atoms with van der Waals surface area (Å²) < 4.78 is 40.3. The molecule has 0 atom stereocenters. The van der Waals surface area contributed by atoms with Crippen LogP contribution >= 0.6 is 0 Å². The van der Waals surface area contributed by atoms with E-state index in [0.29, 0.717) is 26.2 Å². The van der Waals surface area contributed by atoms with Crippen LogP contribution < -0.4 is 5.32 Å². The average molecular weight is 363 g/mol. The Bertz CT molecular complexity index is 780. The predicted octanol–water partition coefficient (Wildman–Crippen LogP) is 2.44. The number of nitriles is 2. The maximum Gasteiger partial charge on any atom is 0.417 e. The van der Waals surface area contributed by atoms with Gasteiger partial charge in [0.05, 0.1) is 11.1 Å². The molecule has 136 valence electrons. The van der Waals surface area contributed by atoms with E-state index >= 15 is 0 Å². The largest absolute Gasteiger partial charge is 0.417 e. The van der Waals surface area contributed by atoms with Crippen molar-refractivity contribution in [2.45, 2.75) is 6.18 Å². The van der Waals surface area contributed by atoms with Crippen LogP contribution in [-0.4, -0.2) is 48.9 Å². The third-order valence-corrected chi connectivity index (χ3v) is 3.97. The van der Waals surface area contributed by atoms with Gasteiger partial charge in [-0.15, -0.1) is 0 Å². The van der Waals surface area contributed by atoms with Gasteiger partial charge in [0.2, 0.25) is 0 Å². The van der Waals surface area contributed by atoms with E-state index in [1.807, 2.05) is 11.9 Å². The molecule has 0 unspecified atom stereocenters. The van der Waals surface area contributed by atoms with Gasteiger partial charge in [-0.25, -0.2) is 0 Å². The first-order valence-electron chi connectivity index (χ1n) is 7.72. The number of nitrogens with zero attached hydrogens (tertiary/aromatic N) is 4. The molecule has 1 aliphatic heterocycles. The predicted molar refractivity (Wildman–Crippen MR) is 87.8 cm³/mol. The molecule has 1 saturated heterocycles. The summed E-state index contributed by atoms with van der Waals surface area (Å²) in [5, 5.41) is 19.8. The zero-order chi connectivity index (χ0) is 19.3. The molecule has 1 aromatic rings. The zero-order valence-corrected chi connectivity index (χ0v) is 14.0. The number of piperazine rings is 1. The van der Waals surface area contributed by atoms with Gasteiger partial charge in [-0.2, -0.15) is 23.7 Å². The van der Waals surface area contributed by atoms with Gasteiger partial charge in [0, 0.05) is 38.1 Å². The van der Waals surface area contributed by atoms with Crippen molar-refractivity contribution in [2.24, 2.45) is 0 Å². The first-order valence-corrected chi connectivity index (χ1v) is 7.72. The highest BCUT2D eigenvalue weighted by atomic mass is 19.4. The number of carbonyl (C=O) groups is 1. The molecule has 0 spiro atoms. The number of halogens is 3. The Balaban J connectivity index is 2.32. The number of anilines is 1. The van der Waals surface area contributed by atoms with Crippen molar-refractivity contribution in [2.75, 3.05) is 38.5 Å². The van der Waals surface area contributed by atoms with E-state index in [2.05, 4.69) is 5.32 Å². The molecule has 0 bridgehead atoms. The second kappa shape index (κ2) is 7.89. The van der Waals surface area contributed by atoms with E-state index in [0.717, 1.165) is 18.3 Å². The summed E-state index contributed by atoms with van der Waals surface area (Å²) in [4.78, 5) is 15.9. The highest BCUT2D eigenvalue weighted by Gasteiger charge is 2.37. The molecular formula is C17H16F3N5O. The number of allylic oxidation sites excluding steroid dienone is 1. The Kier molecular flexibility index (Phi) is 5.86. The second-order valence-corrected chi connectivity index (χ2v) is 5.78. The second-order valence-electron chi connectivity index (χ2n) is 5.78. The Morgan fingerprint density at radius 3 is 2.35 bits per heavy atom. The van der Waals surface area contributed by atoms with Crippen LogP contribution in [0.4, 0.5) is 18.9 Å². The summed E-state index contributed by atoms with van der Waals surface area (Å²) in [5.74, 6) is -0.665. The van der Waals surface area contributed by atoms with Crippen molar-refractivity contribution in [3.8, 4) is 12.1 Å². The molecule has 1 aliphatic rings. The summed E-state index contributed by atoms with van der Waals surface area (Å²) in [6, 6.07) is 6.40. The average Bonchev–Trinajstić information content (AvgIpc) is 2.62. The van der Waals surface area contributed by atoms with Crippen molar-refractivity contribution in [3.05, 3.63) is 41.1 Å². The van der Waals surface area contributed by atoms with Gasteiger partial charge in [0.1, 0.15) is 17.7 Å². The molecule has 26 heavy (non-hydrogen) atoms. The van der Waals surface area contributed by atoms with Crippen molar-refractivity contribution >= 4 is 11.6 Å². The van der Waals surface area contributed by atoms with Crippen LogP contribution in [0.15, 0.2) is 30.0 Å². The summed E-state index contributed by atoms with van der Waals surface area (Å²) in [6.07, 6.45) is -3.70. The van der Waals surface area contributed by atoms with Crippen LogP contribution in [0.25, 0.3) is 0 Å². The minimum Gasteiger partial charge on any atom is -0.360 e. The lowest BCUT2D eigenvalue weighted by atomic mass is 10.0. The number of hydrogen-bond acceptors (Lipinski definition) is 5. The number of benzene rings is 1. The van der Waals surface area contributed by atoms with E-state index < -0.39 is 23.2 Å². The van der Waals surface area contributed by atoms with E-state index in [9.17, 15) is 18.0 Å². The van der Waals surface area contributed by atoms with Crippen LogP contribution in [-0.2, 0) is 6.18 Å². The molecule has 1 amide bonds. The highest BCUT2D eigenvalue weighted by molar-refractivity contribution is 5.96. The molecule has 0 saturated carbocycles. The van der Waals surface area contributed by atoms with Gasteiger partial charge >= 0.3 is 6.18 Å². The SMILES string of the molecule is CN1CCN(C(=O)c2ccc(NC=C(C#N)C#N)cc2C(F)(F)F)CC1. The van der Waals surface area contributed by atoms with E-state index in [1.54, 1.807) is 12.1 Å². The fourth-order valence-corrected chi connectivity index (χ4v) is 2.48. The maximum atomic E-state index is 13.4. The third-order valence-electron chi connectivity index (χ3n) is 3.97. The number of nitrogens with one attached hydrogen (secondary N) is 1. The fraction of sp³-hybridized carbons (Fsp3) is 0.353. The molecule has 2 rings (SSSR count). The Hall–Kier alpha value is -3.04. The van der Waals surface area contributed by atoms with Crippen LogP contribution in [0, 0.1) is 22.7 Å². The summed E-state index contributed by atoms with van der Waals surface area (Å²) >= 11 is 0. The quantitative estimate of drug-likeness (QED) is 0.834. The van der Waals surface area contributed by atoms with E-state index in [-0.39, 0.29) is 11.3 Å². The lowest BCUT2D eigenvalue weighted by Gasteiger charge is -2.33. The van der Waals surface area contributed by atoms with Gasteiger partial charge in [-0.05, 0) is 25.2 Å². The number of likely N-dealkylation sites (N-methyl/N-ethyl adjacent to an activating group) is 1. The number of carbonyl (C=O) groups excluding carboxylic acids is 1. The molecular weight excluding hydrogens is 347 g/mol. The van der Waals surface area contributed by atoms with Gasteiger partial charge in [-0.3, -0.25) is 4.79 Å². The topological polar surface area (TPSA) is 83.2 Å². The first kappa shape index (κ1) is 19.3. The highest BCUT2D eigenvalue weighted by Crippen LogP contribution is 2.34. The minimum absolute atomic E-state index is 0.0234. The van der Waals surface area contributed by atoms with E-state index in [4.69, 9.17) is 10.5 Å². The molecule has 1 fully saturated rings. The molecule has 6 nitrogen and oxygen atoms in total. The Labute approximate surface area is 148 Å². The lowest BCUT2D eigenvalue weighted by molar-refractivity contribution is -0.138. The fourth-order valence-electron chi connectivity index (χ4n) is 2.48. The standard InChI is InChI=1S/C17H16F3N5O/c1-24-4-6-25(7-5-24)16(26)14-3-2-13(8-15(14)17(18,19)20)23-11-12(9-21)10-22/h2-3,8,11,23H,4-7H2,1H3.